The van der Waals surface area contributed by atoms with Gasteiger partial charge in [0, 0.05) is 6.92 Å². The molecule has 0 atom stereocenters. The molecule has 1 N–H and O–H groups in total. The molecule has 0 rings (SSSR count). The van der Waals surface area contributed by atoms with Crippen LogP contribution in [0.25, 0.3) is 0 Å². The monoisotopic (exact) mass is 248 g/mol. The molecule has 0 unspecified atom stereocenters. The Morgan fingerprint density at radius 3 is 1.08 bits per heavy atom. The van der Waals surface area contributed by atoms with Crippen molar-refractivity contribution in [1.29, 1.82) is 0 Å². The third kappa shape index (κ3) is 333. The molecular formula is C2H4N2O8Zn. The summed E-state index contributed by atoms with van der Waals surface area (Å²) in [6.45, 7) is 1.08. The number of carbonyl (C=O) groups is 1. The predicted molar refractivity (Wildman–Crippen MR) is 34.0 cm³/mol. The van der Waals surface area contributed by atoms with E-state index in [9.17, 15) is 0 Å². The fourth-order valence-corrected chi connectivity index (χ4v) is 0. The van der Waals surface area contributed by atoms with Gasteiger partial charge in [-0.15, -0.1) is 0 Å². The van der Waals surface area contributed by atoms with E-state index in [-0.39, 0.29) is 19.5 Å². The molecule has 0 heterocycles. The Morgan fingerprint density at radius 1 is 1.08 bits per heavy atom. The third-order valence-electron chi connectivity index (χ3n) is 0. The number of carboxylic acid groups (broad SMARTS) is 1. The van der Waals surface area contributed by atoms with Crippen molar-refractivity contribution in [1.82, 2.24) is 0 Å². The first-order chi connectivity index (χ1) is 5.20. The van der Waals surface area contributed by atoms with Crippen LogP contribution < -0.4 is 0 Å². The van der Waals surface area contributed by atoms with Crippen molar-refractivity contribution in [3.05, 3.63) is 30.6 Å². The molecule has 0 radical (unpaired) electrons. The molecule has 0 saturated carbocycles. The normalized spacial score (nSPS) is 5.62. The Kier molecular flexibility index (Phi) is 29.2. The first-order valence-corrected chi connectivity index (χ1v) is 2.02. The molecule has 0 aliphatic carbocycles. The van der Waals surface area contributed by atoms with Gasteiger partial charge in [0.15, 0.2) is 0 Å². The zero-order valence-corrected chi connectivity index (χ0v) is 9.37. The zero-order valence-electron chi connectivity index (χ0n) is 6.41. The first-order valence-electron chi connectivity index (χ1n) is 2.02. The SMILES string of the molecule is CC(=O)O.O=[N+]([O-])[O-].O=[N+]([O-])[O-].[Zn+2]. The van der Waals surface area contributed by atoms with Gasteiger partial charge in [0.2, 0.25) is 0 Å². The molecule has 11 heteroatoms. The maximum absolute atomic E-state index is 9.00. The average molecular weight is 249 g/mol. The van der Waals surface area contributed by atoms with Gasteiger partial charge in [0.05, 0.1) is 10.2 Å². The van der Waals surface area contributed by atoms with Crippen LogP contribution in [0, 0.1) is 30.6 Å². The molecule has 13 heavy (non-hydrogen) atoms. The molecule has 0 saturated heterocycles. The van der Waals surface area contributed by atoms with E-state index in [1.165, 1.54) is 0 Å². The van der Waals surface area contributed by atoms with Gasteiger partial charge >= 0.3 is 19.5 Å². The molecule has 0 aromatic heterocycles. The molecule has 0 aliphatic heterocycles. The second kappa shape index (κ2) is 16.8. The van der Waals surface area contributed by atoms with E-state index in [0.717, 1.165) is 6.92 Å². The second-order valence-corrected chi connectivity index (χ2v) is 0.966. The number of hydrogen-bond donors (Lipinski definition) is 1. The first kappa shape index (κ1) is 22.5. The quantitative estimate of drug-likeness (QED) is 0.343. The molecule has 72 valence electrons. The summed E-state index contributed by atoms with van der Waals surface area (Å²) in [4.78, 5) is 25.5. The Labute approximate surface area is 83.8 Å². The Hall–Kier alpha value is -1.51. The maximum atomic E-state index is 9.00. The summed E-state index contributed by atoms with van der Waals surface area (Å²) in [5, 5.41) is 36.9. The average Bonchev–Trinajstić information content (AvgIpc) is 1.54. The molecule has 0 aromatic rings. The number of rotatable bonds is 0. The van der Waals surface area contributed by atoms with Gasteiger partial charge in [-0.1, -0.05) is 0 Å². The van der Waals surface area contributed by atoms with Crippen molar-refractivity contribution in [2.45, 2.75) is 6.92 Å². The summed E-state index contributed by atoms with van der Waals surface area (Å²) in [5.41, 5.74) is 0. The van der Waals surface area contributed by atoms with E-state index in [2.05, 4.69) is 0 Å². The van der Waals surface area contributed by atoms with Gasteiger partial charge < -0.3 is 35.7 Å². The van der Waals surface area contributed by atoms with Crippen molar-refractivity contribution in [2.24, 2.45) is 0 Å². The van der Waals surface area contributed by atoms with E-state index < -0.39 is 16.1 Å². The van der Waals surface area contributed by atoms with Crippen LogP contribution in [0.5, 0.6) is 0 Å². The molecule has 0 amide bonds. The number of carboxylic acids is 1. The molecule has 0 fully saturated rings. The molecule has 0 aromatic carbocycles. The Morgan fingerprint density at radius 2 is 1.08 bits per heavy atom. The van der Waals surface area contributed by atoms with Crippen molar-refractivity contribution >= 4 is 5.97 Å². The van der Waals surface area contributed by atoms with Crippen LogP contribution in [0.4, 0.5) is 0 Å². The standard InChI is InChI=1S/C2H4O2.2NO3.Zn/c1-2(3)4;2*2-1(3)4;/h1H3,(H,3,4);;;/q;2*-1;+2. The van der Waals surface area contributed by atoms with Crippen LogP contribution in [0.2, 0.25) is 0 Å². The van der Waals surface area contributed by atoms with Crippen LogP contribution in [-0.4, -0.2) is 21.2 Å². The van der Waals surface area contributed by atoms with Crippen molar-refractivity contribution in [2.75, 3.05) is 0 Å². The summed E-state index contributed by atoms with van der Waals surface area (Å²) < 4.78 is 0. The number of aliphatic carboxylic acids is 1. The van der Waals surface area contributed by atoms with Crippen LogP contribution in [-0.2, 0) is 24.3 Å². The van der Waals surface area contributed by atoms with Crippen LogP contribution >= 0.6 is 0 Å². The largest absolute Gasteiger partial charge is 2.00 e. The van der Waals surface area contributed by atoms with Gasteiger partial charge in [-0.3, -0.25) is 4.79 Å². The van der Waals surface area contributed by atoms with Gasteiger partial charge in [0.1, 0.15) is 0 Å². The topological polar surface area (TPSA) is 170 Å². The van der Waals surface area contributed by atoms with Crippen LogP contribution in [0.3, 0.4) is 0 Å². The Balaban J connectivity index is -0.0000000450. The summed E-state index contributed by atoms with van der Waals surface area (Å²) in [7, 11) is 0. The van der Waals surface area contributed by atoms with Gasteiger partial charge in [-0.25, -0.2) is 0 Å². The maximum Gasteiger partial charge on any atom is 2.00 e. The fourth-order valence-electron chi connectivity index (χ4n) is 0. The van der Waals surface area contributed by atoms with E-state index >= 15 is 0 Å². The summed E-state index contributed by atoms with van der Waals surface area (Å²) in [6, 6.07) is 0. The molecule has 0 spiro atoms. The smallest absolute Gasteiger partial charge is 0.481 e. The Bertz CT molecular complexity index is 118. The summed E-state index contributed by atoms with van der Waals surface area (Å²) in [5.74, 6) is -0.833. The van der Waals surface area contributed by atoms with Crippen molar-refractivity contribution in [3.63, 3.8) is 0 Å². The summed E-state index contributed by atoms with van der Waals surface area (Å²) >= 11 is 0. The van der Waals surface area contributed by atoms with Gasteiger partial charge in [0.25, 0.3) is 5.97 Å². The van der Waals surface area contributed by atoms with Gasteiger partial charge in [-0.05, 0) is 0 Å². The van der Waals surface area contributed by atoms with E-state index in [1.807, 2.05) is 0 Å². The van der Waals surface area contributed by atoms with Crippen molar-refractivity contribution < 1.29 is 39.6 Å². The van der Waals surface area contributed by atoms with E-state index in [0.29, 0.717) is 0 Å². The molecule has 0 bridgehead atoms. The minimum absolute atomic E-state index is 0. The summed E-state index contributed by atoms with van der Waals surface area (Å²) in [6.07, 6.45) is 0. The minimum atomic E-state index is -1.75. The second-order valence-electron chi connectivity index (χ2n) is 0.966. The van der Waals surface area contributed by atoms with Crippen LogP contribution in [0.15, 0.2) is 0 Å². The molecule has 10 nitrogen and oxygen atoms in total. The number of hydrogen-bond acceptors (Lipinski definition) is 7. The van der Waals surface area contributed by atoms with Gasteiger partial charge in [-0.2, -0.15) is 0 Å². The molecular weight excluding hydrogens is 245 g/mol. The zero-order chi connectivity index (χ0) is 10.7. The van der Waals surface area contributed by atoms with Crippen LogP contribution in [0.1, 0.15) is 6.92 Å². The minimum Gasteiger partial charge on any atom is -0.481 e. The van der Waals surface area contributed by atoms with E-state index in [1.54, 1.807) is 0 Å². The third-order valence-corrected chi connectivity index (χ3v) is 0. The van der Waals surface area contributed by atoms with E-state index in [4.69, 9.17) is 40.5 Å². The molecule has 0 aliphatic rings. The number of nitrogens with zero attached hydrogens (tertiary/aromatic N) is 2. The predicted octanol–water partition coefficient (Wildman–Crippen LogP) is -0.390. The fraction of sp³-hybridized carbons (Fsp3) is 0.500. The van der Waals surface area contributed by atoms with Crippen molar-refractivity contribution in [3.8, 4) is 0 Å².